The molecule has 0 aliphatic rings. The molecule has 104 valence electrons. The molecular formula is C14H18O5. The van der Waals surface area contributed by atoms with Crippen LogP contribution in [0.2, 0.25) is 0 Å². The van der Waals surface area contributed by atoms with E-state index in [4.69, 9.17) is 5.11 Å². The summed E-state index contributed by atoms with van der Waals surface area (Å²) < 4.78 is 0. The minimum atomic E-state index is -1.37. The molecule has 0 aliphatic heterocycles. The van der Waals surface area contributed by atoms with Gasteiger partial charge in [0.05, 0.1) is 12.5 Å². The predicted octanol–water partition coefficient (Wildman–Crippen LogP) is 1.39. The molecule has 19 heavy (non-hydrogen) atoms. The van der Waals surface area contributed by atoms with E-state index in [2.05, 4.69) is 0 Å². The van der Waals surface area contributed by atoms with Gasteiger partial charge in [0.1, 0.15) is 6.10 Å². The molecule has 0 spiro atoms. The first-order chi connectivity index (χ1) is 8.82. The SMILES string of the molecule is CC(C)C(=O)c1ccc(C(O)C(O)CC(=O)O)cc1. The number of aliphatic carboxylic acids is 1. The molecule has 5 heteroatoms. The highest BCUT2D eigenvalue weighted by molar-refractivity contribution is 5.97. The van der Waals surface area contributed by atoms with Gasteiger partial charge in [0.15, 0.2) is 5.78 Å². The molecule has 0 aliphatic carbocycles. The van der Waals surface area contributed by atoms with Crippen LogP contribution in [0.3, 0.4) is 0 Å². The summed E-state index contributed by atoms with van der Waals surface area (Å²) in [7, 11) is 0. The van der Waals surface area contributed by atoms with E-state index < -0.39 is 24.6 Å². The van der Waals surface area contributed by atoms with Gasteiger partial charge in [-0.15, -0.1) is 0 Å². The third kappa shape index (κ3) is 4.15. The Morgan fingerprint density at radius 2 is 1.63 bits per heavy atom. The van der Waals surface area contributed by atoms with Crippen molar-refractivity contribution in [2.45, 2.75) is 32.5 Å². The topological polar surface area (TPSA) is 94.8 Å². The second-order valence-corrected chi connectivity index (χ2v) is 4.75. The number of aliphatic hydroxyl groups is 2. The molecule has 0 saturated heterocycles. The van der Waals surface area contributed by atoms with Gasteiger partial charge in [-0.3, -0.25) is 9.59 Å². The van der Waals surface area contributed by atoms with E-state index in [1.807, 2.05) is 0 Å². The average molecular weight is 266 g/mol. The third-order valence-corrected chi connectivity index (χ3v) is 2.81. The Labute approximate surface area is 111 Å². The van der Waals surface area contributed by atoms with E-state index in [0.29, 0.717) is 11.1 Å². The number of carboxylic acids is 1. The monoisotopic (exact) mass is 266 g/mol. The fourth-order valence-electron chi connectivity index (χ4n) is 1.69. The Bertz CT molecular complexity index is 449. The molecule has 0 saturated carbocycles. The van der Waals surface area contributed by atoms with Crippen LogP contribution >= 0.6 is 0 Å². The smallest absolute Gasteiger partial charge is 0.306 e. The summed E-state index contributed by atoms with van der Waals surface area (Å²) >= 11 is 0. The Balaban J connectivity index is 2.81. The lowest BCUT2D eigenvalue weighted by atomic mass is 9.97. The van der Waals surface area contributed by atoms with Crippen LogP contribution in [0.15, 0.2) is 24.3 Å². The summed E-state index contributed by atoms with van der Waals surface area (Å²) in [6.45, 7) is 3.59. The minimum absolute atomic E-state index is 0.00729. The van der Waals surface area contributed by atoms with Gasteiger partial charge in [0, 0.05) is 11.5 Å². The lowest BCUT2D eigenvalue weighted by Crippen LogP contribution is -2.21. The summed E-state index contributed by atoms with van der Waals surface area (Å²) in [6.07, 6.45) is -3.18. The molecule has 2 unspecified atom stereocenters. The quantitative estimate of drug-likeness (QED) is 0.676. The number of rotatable bonds is 6. The summed E-state index contributed by atoms with van der Waals surface area (Å²) in [5.74, 6) is -1.31. The van der Waals surface area contributed by atoms with E-state index in [0.717, 1.165) is 0 Å². The molecule has 1 rings (SSSR count). The highest BCUT2D eigenvalue weighted by Crippen LogP contribution is 2.20. The Kier molecular flexibility index (Phi) is 5.20. The van der Waals surface area contributed by atoms with Crippen LogP contribution in [-0.4, -0.2) is 33.2 Å². The highest BCUT2D eigenvalue weighted by Gasteiger charge is 2.21. The van der Waals surface area contributed by atoms with Gasteiger partial charge in [-0.1, -0.05) is 38.1 Å². The number of benzene rings is 1. The Morgan fingerprint density at radius 3 is 2.05 bits per heavy atom. The normalized spacial score (nSPS) is 14.2. The fourth-order valence-corrected chi connectivity index (χ4v) is 1.69. The van der Waals surface area contributed by atoms with Crippen LogP contribution in [0.5, 0.6) is 0 Å². The van der Waals surface area contributed by atoms with E-state index in [1.54, 1.807) is 26.0 Å². The number of aliphatic hydroxyl groups excluding tert-OH is 2. The number of carbonyl (C=O) groups is 2. The lowest BCUT2D eigenvalue weighted by Gasteiger charge is -2.16. The van der Waals surface area contributed by atoms with Crippen molar-refractivity contribution in [2.24, 2.45) is 5.92 Å². The van der Waals surface area contributed by atoms with Crippen LogP contribution in [0.4, 0.5) is 0 Å². The van der Waals surface area contributed by atoms with Gasteiger partial charge >= 0.3 is 5.97 Å². The van der Waals surface area contributed by atoms with Crippen LogP contribution in [0, 0.1) is 5.92 Å². The summed E-state index contributed by atoms with van der Waals surface area (Å²) in [5.41, 5.74) is 0.910. The zero-order valence-corrected chi connectivity index (χ0v) is 10.9. The maximum Gasteiger partial charge on any atom is 0.306 e. The van der Waals surface area contributed by atoms with Crippen molar-refractivity contribution >= 4 is 11.8 Å². The molecular weight excluding hydrogens is 248 g/mol. The molecule has 0 fully saturated rings. The fraction of sp³-hybridized carbons (Fsp3) is 0.429. The van der Waals surface area contributed by atoms with Crippen molar-refractivity contribution in [1.29, 1.82) is 0 Å². The molecule has 3 N–H and O–H groups in total. The van der Waals surface area contributed by atoms with Crippen molar-refractivity contribution in [2.75, 3.05) is 0 Å². The molecule has 0 bridgehead atoms. The van der Waals surface area contributed by atoms with Gasteiger partial charge in [-0.2, -0.15) is 0 Å². The first kappa shape index (κ1) is 15.3. The van der Waals surface area contributed by atoms with Crippen molar-refractivity contribution in [3.8, 4) is 0 Å². The average Bonchev–Trinajstić information content (AvgIpc) is 2.36. The molecule has 1 aromatic rings. The van der Waals surface area contributed by atoms with E-state index in [9.17, 15) is 19.8 Å². The maximum absolute atomic E-state index is 11.7. The number of ketones is 1. The number of Topliss-reactive ketones (excluding diaryl/α,β-unsaturated/α-hetero) is 1. The van der Waals surface area contributed by atoms with E-state index in [-0.39, 0.29) is 11.7 Å². The number of hydrogen-bond acceptors (Lipinski definition) is 4. The first-order valence-corrected chi connectivity index (χ1v) is 6.05. The second kappa shape index (κ2) is 6.45. The van der Waals surface area contributed by atoms with Gasteiger partial charge in [-0.05, 0) is 5.56 Å². The summed E-state index contributed by atoms with van der Waals surface area (Å²) in [5, 5.41) is 27.8. The van der Waals surface area contributed by atoms with E-state index in [1.165, 1.54) is 12.1 Å². The van der Waals surface area contributed by atoms with Gasteiger partial charge in [-0.25, -0.2) is 0 Å². The standard InChI is InChI=1S/C14H18O5/c1-8(2)13(18)9-3-5-10(6-4-9)14(19)11(15)7-12(16)17/h3-6,8,11,14-15,19H,7H2,1-2H3,(H,16,17). The van der Waals surface area contributed by atoms with Crippen LogP contribution in [0.25, 0.3) is 0 Å². The summed E-state index contributed by atoms with van der Waals surface area (Å²) in [4.78, 5) is 22.2. The van der Waals surface area contributed by atoms with Gasteiger partial charge in [0.25, 0.3) is 0 Å². The maximum atomic E-state index is 11.7. The molecule has 0 amide bonds. The Hall–Kier alpha value is -1.72. The minimum Gasteiger partial charge on any atom is -0.481 e. The van der Waals surface area contributed by atoms with Crippen LogP contribution in [-0.2, 0) is 4.79 Å². The van der Waals surface area contributed by atoms with Crippen LogP contribution in [0.1, 0.15) is 42.3 Å². The zero-order chi connectivity index (χ0) is 14.6. The zero-order valence-electron chi connectivity index (χ0n) is 10.9. The van der Waals surface area contributed by atoms with Crippen molar-refractivity contribution < 1.29 is 24.9 Å². The number of carboxylic acid groups (broad SMARTS) is 1. The summed E-state index contributed by atoms with van der Waals surface area (Å²) in [6, 6.07) is 6.17. The van der Waals surface area contributed by atoms with E-state index >= 15 is 0 Å². The van der Waals surface area contributed by atoms with Crippen molar-refractivity contribution in [3.05, 3.63) is 35.4 Å². The largest absolute Gasteiger partial charge is 0.481 e. The Morgan fingerprint density at radius 1 is 1.11 bits per heavy atom. The second-order valence-electron chi connectivity index (χ2n) is 4.75. The number of hydrogen-bond donors (Lipinski definition) is 3. The number of carbonyl (C=O) groups excluding carboxylic acids is 1. The van der Waals surface area contributed by atoms with Crippen LogP contribution < -0.4 is 0 Å². The van der Waals surface area contributed by atoms with Gasteiger partial charge in [0.2, 0.25) is 0 Å². The van der Waals surface area contributed by atoms with Crippen molar-refractivity contribution in [1.82, 2.24) is 0 Å². The molecule has 2 atom stereocenters. The molecule has 0 heterocycles. The first-order valence-electron chi connectivity index (χ1n) is 6.05. The molecule has 0 radical (unpaired) electrons. The predicted molar refractivity (Wildman–Crippen MR) is 68.8 cm³/mol. The molecule has 5 nitrogen and oxygen atoms in total. The van der Waals surface area contributed by atoms with Crippen molar-refractivity contribution in [3.63, 3.8) is 0 Å². The highest BCUT2D eigenvalue weighted by atomic mass is 16.4. The lowest BCUT2D eigenvalue weighted by molar-refractivity contribution is -0.141. The van der Waals surface area contributed by atoms with Gasteiger partial charge < -0.3 is 15.3 Å². The molecule has 0 aromatic heterocycles. The third-order valence-electron chi connectivity index (χ3n) is 2.81. The molecule has 1 aromatic carbocycles.